The molecule has 0 aromatic carbocycles. The predicted molar refractivity (Wildman–Crippen MR) is 74.9 cm³/mol. The number of allylic oxidation sites excluding steroid dienone is 4. The third-order valence-electron chi connectivity index (χ3n) is 4.57. The van der Waals surface area contributed by atoms with Crippen molar-refractivity contribution in [3.05, 3.63) is 23.3 Å². The highest BCUT2D eigenvalue weighted by molar-refractivity contribution is 5.34. The van der Waals surface area contributed by atoms with Crippen LogP contribution in [-0.2, 0) is 0 Å². The van der Waals surface area contributed by atoms with Crippen molar-refractivity contribution in [3.63, 3.8) is 0 Å². The number of hydrogen-bond acceptors (Lipinski definition) is 1. The van der Waals surface area contributed by atoms with Gasteiger partial charge in [-0.1, -0.05) is 45.4 Å². The summed E-state index contributed by atoms with van der Waals surface area (Å²) in [6, 6.07) is 0. The second-order valence-corrected chi connectivity index (χ2v) is 6.42. The highest BCUT2D eigenvalue weighted by Gasteiger charge is 2.25. The second kappa shape index (κ2) is 5.39. The van der Waals surface area contributed by atoms with E-state index in [0.717, 1.165) is 12.3 Å². The number of aliphatic hydroxyl groups is 1. The van der Waals surface area contributed by atoms with Gasteiger partial charge in [0.25, 0.3) is 0 Å². The molecule has 98 valence electrons. The molecule has 0 radical (unpaired) electrons. The zero-order valence-electron chi connectivity index (χ0n) is 12.2. The van der Waals surface area contributed by atoms with Crippen LogP contribution in [0.1, 0.15) is 54.4 Å². The summed E-state index contributed by atoms with van der Waals surface area (Å²) in [5, 5.41) is 9.75. The Hall–Kier alpha value is -0.560. The summed E-state index contributed by atoms with van der Waals surface area (Å²) in [7, 11) is 0. The Balaban J connectivity index is 2.84. The lowest BCUT2D eigenvalue weighted by atomic mass is 9.76. The van der Waals surface area contributed by atoms with Crippen molar-refractivity contribution in [1.82, 2.24) is 0 Å². The van der Waals surface area contributed by atoms with Gasteiger partial charge in [0.1, 0.15) is 0 Å². The summed E-state index contributed by atoms with van der Waals surface area (Å²) >= 11 is 0. The van der Waals surface area contributed by atoms with Gasteiger partial charge in [-0.15, -0.1) is 0 Å². The molecule has 1 heteroatoms. The number of hydrogen-bond donors (Lipinski definition) is 1. The molecule has 0 heterocycles. The summed E-state index contributed by atoms with van der Waals surface area (Å²) < 4.78 is 0. The molecule has 1 nitrogen and oxygen atoms in total. The molecule has 3 atom stereocenters. The highest BCUT2D eigenvalue weighted by atomic mass is 16.3. The average molecular weight is 236 g/mol. The van der Waals surface area contributed by atoms with Crippen LogP contribution in [0.15, 0.2) is 23.3 Å². The molecule has 1 aliphatic rings. The molecule has 0 spiro atoms. The molecule has 0 amide bonds. The van der Waals surface area contributed by atoms with E-state index in [0.29, 0.717) is 5.92 Å². The van der Waals surface area contributed by atoms with Crippen molar-refractivity contribution >= 4 is 0 Å². The molecule has 1 N–H and O–H groups in total. The average Bonchev–Trinajstić information content (AvgIpc) is 2.23. The largest absolute Gasteiger partial charge is 0.393 e. The van der Waals surface area contributed by atoms with Crippen molar-refractivity contribution in [2.45, 2.75) is 60.5 Å². The van der Waals surface area contributed by atoms with Crippen LogP contribution >= 0.6 is 0 Å². The molecular weight excluding hydrogens is 208 g/mol. The third kappa shape index (κ3) is 3.45. The van der Waals surface area contributed by atoms with Crippen LogP contribution in [-0.4, -0.2) is 11.2 Å². The van der Waals surface area contributed by atoms with Gasteiger partial charge in [-0.05, 0) is 49.5 Å². The van der Waals surface area contributed by atoms with Crippen molar-refractivity contribution < 1.29 is 5.11 Å². The van der Waals surface area contributed by atoms with Crippen molar-refractivity contribution in [2.24, 2.45) is 17.3 Å². The first-order valence-corrected chi connectivity index (χ1v) is 6.81. The van der Waals surface area contributed by atoms with Gasteiger partial charge < -0.3 is 5.11 Å². The van der Waals surface area contributed by atoms with Crippen molar-refractivity contribution in [1.29, 1.82) is 0 Å². The van der Waals surface area contributed by atoms with E-state index in [1.54, 1.807) is 0 Å². The standard InChI is InChI=1S/C16H28O/c1-11-7-8-12(2)15(13(11)3)9-10-16(5,6)14(4)17/h8-9,11,13-14,17H,7,10H2,1-6H3. The van der Waals surface area contributed by atoms with E-state index in [-0.39, 0.29) is 11.5 Å². The molecule has 0 aromatic heterocycles. The Morgan fingerprint density at radius 2 is 2.06 bits per heavy atom. The van der Waals surface area contributed by atoms with Crippen LogP contribution < -0.4 is 0 Å². The monoisotopic (exact) mass is 236 g/mol. The molecule has 3 unspecified atom stereocenters. The van der Waals surface area contributed by atoms with E-state index < -0.39 is 0 Å². The summed E-state index contributed by atoms with van der Waals surface area (Å²) in [5.74, 6) is 1.38. The van der Waals surface area contributed by atoms with Gasteiger partial charge in [0.2, 0.25) is 0 Å². The Kier molecular flexibility index (Phi) is 4.60. The molecule has 0 saturated carbocycles. The Morgan fingerprint density at radius 3 is 2.59 bits per heavy atom. The van der Waals surface area contributed by atoms with Gasteiger partial charge in [0.05, 0.1) is 6.10 Å². The second-order valence-electron chi connectivity index (χ2n) is 6.42. The normalized spacial score (nSPS) is 30.3. The van der Waals surface area contributed by atoms with Crippen molar-refractivity contribution in [3.8, 4) is 0 Å². The SMILES string of the molecule is CC1=CCC(C)C(C)C1=CCC(C)(C)C(C)O. The molecule has 0 bridgehead atoms. The Bertz CT molecular complexity index is 320. The van der Waals surface area contributed by atoms with Gasteiger partial charge in [0, 0.05) is 0 Å². The third-order valence-corrected chi connectivity index (χ3v) is 4.57. The molecule has 0 aromatic rings. The fourth-order valence-corrected chi connectivity index (χ4v) is 2.24. The molecular formula is C16H28O. The zero-order valence-corrected chi connectivity index (χ0v) is 12.2. The van der Waals surface area contributed by atoms with E-state index >= 15 is 0 Å². The summed E-state index contributed by atoms with van der Waals surface area (Å²) in [4.78, 5) is 0. The Morgan fingerprint density at radius 1 is 1.47 bits per heavy atom. The quantitative estimate of drug-likeness (QED) is 0.773. The van der Waals surface area contributed by atoms with Crippen LogP contribution in [0.5, 0.6) is 0 Å². The van der Waals surface area contributed by atoms with Crippen LogP contribution in [0.25, 0.3) is 0 Å². The molecule has 1 aliphatic carbocycles. The van der Waals surface area contributed by atoms with E-state index in [1.807, 2.05) is 6.92 Å². The van der Waals surface area contributed by atoms with Crippen molar-refractivity contribution in [2.75, 3.05) is 0 Å². The molecule has 0 aliphatic heterocycles. The Labute approximate surface area is 107 Å². The predicted octanol–water partition coefficient (Wildman–Crippen LogP) is 4.33. The molecule has 17 heavy (non-hydrogen) atoms. The first kappa shape index (κ1) is 14.5. The maximum absolute atomic E-state index is 9.75. The van der Waals surface area contributed by atoms with E-state index in [9.17, 15) is 5.11 Å². The minimum atomic E-state index is -0.264. The first-order chi connectivity index (χ1) is 7.75. The fraction of sp³-hybridized carbons (Fsp3) is 0.750. The molecule has 1 rings (SSSR count). The van der Waals surface area contributed by atoms with Gasteiger partial charge in [-0.3, -0.25) is 0 Å². The lowest BCUT2D eigenvalue weighted by Crippen LogP contribution is -2.26. The minimum absolute atomic E-state index is 0.0340. The molecule has 0 saturated heterocycles. The minimum Gasteiger partial charge on any atom is -0.393 e. The fourth-order valence-electron chi connectivity index (χ4n) is 2.24. The summed E-state index contributed by atoms with van der Waals surface area (Å²) in [6.45, 7) is 13.0. The summed E-state index contributed by atoms with van der Waals surface area (Å²) in [5.41, 5.74) is 2.88. The first-order valence-electron chi connectivity index (χ1n) is 6.81. The lowest BCUT2D eigenvalue weighted by Gasteiger charge is -2.31. The van der Waals surface area contributed by atoms with E-state index in [4.69, 9.17) is 0 Å². The summed E-state index contributed by atoms with van der Waals surface area (Å²) in [6.07, 6.45) is 6.58. The van der Waals surface area contributed by atoms with Crippen LogP contribution in [0.2, 0.25) is 0 Å². The van der Waals surface area contributed by atoms with E-state index in [1.165, 1.54) is 17.6 Å². The van der Waals surface area contributed by atoms with Gasteiger partial charge >= 0.3 is 0 Å². The smallest absolute Gasteiger partial charge is 0.0565 e. The van der Waals surface area contributed by atoms with Crippen LogP contribution in [0.3, 0.4) is 0 Å². The van der Waals surface area contributed by atoms with Crippen LogP contribution in [0, 0.1) is 17.3 Å². The molecule has 0 fully saturated rings. The lowest BCUT2D eigenvalue weighted by molar-refractivity contribution is 0.0682. The zero-order chi connectivity index (χ0) is 13.2. The number of aliphatic hydroxyl groups excluding tert-OH is 1. The van der Waals surface area contributed by atoms with E-state index in [2.05, 4.69) is 46.8 Å². The van der Waals surface area contributed by atoms with Gasteiger partial charge in [0.15, 0.2) is 0 Å². The van der Waals surface area contributed by atoms with Gasteiger partial charge in [-0.2, -0.15) is 0 Å². The highest BCUT2D eigenvalue weighted by Crippen LogP contribution is 2.36. The number of rotatable bonds is 3. The van der Waals surface area contributed by atoms with Gasteiger partial charge in [-0.25, -0.2) is 0 Å². The van der Waals surface area contributed by atoms with Crippen LogP contribution in [0.4, 0.5) is 0 Å². The maximum Gasteiger partial charge on any atom is 0.0565 e. The topological polar surface area (TPSA) is 20.2 Å². The maximum atomic E-state index is 9.75.